The summed E-state index contributed by atoms with van der Waals surface area (Å²) in [5.74, 6) is 0. The SMILES string of the molecule is Cc1ccccc1CCNC(=O)Nc1cc(S(=O)(=O)N2CCOCC2)ccc1Cl. The standard InChI is InChI=1S/C20H24ClN3O4S/c1-15-4-2-3-5-16(15)8-9-22-20(25)23-19-14-17(6-7-18(19)21)29(26,27)24-10-12-28-13-11-24/h2-7,14H,8-13H2,1H3,(H2,22,23,25). The van der Waals surface area contributed by atoms with Gasteiger partial charge in [-0.1, -0.05) is 35.9 Å². The number of carbonyl (C=O) groups is 1. The zero-order valence-corrected chi connectivity index (χ0v) is 17.7. The largest absolute Gasteiger partial charge is 0.379 e. The minimum Gasteiger partial charge on any atom is -0.379 e. The lowest BCUT2D eigenvalue weighted by atomic mass is 10.1. The van der Waals surface area contributed by atoms with Crippen LogP contribution in [0.5, 0.6) is 0 Å². The average Bonchev–Trinajstić information content (AvgIpc) is 2.71. The molecule has 1 aliphatic rings. The van der Waals surface area contributed by atoms with Gasteiger partial charge in [0.1, 0.15) is 0 Å². The number of halogens is 1. The van der Waals surface area contributed by atoms with E-state index in [1.807, 2.05) is 31.2 Å². The third-order valence-corrected chi connectivity index (χ3v) is 6.96. The van der Waals surface area contributed by atoms with Gasteiger partial charge in [0.15, 0.2) is 0 Å². The lowest BCUT2D eigenvalue weighted by Crippen LogP contribution is -2.40. The van der Waals surface area contributed by atoms with Crippen molar-refractivity contribution in [3.63, 3.8) is 0 Å². The molecule has 0 radical (unpaired) electrons. The van der Waals surface area contributed by atoms with Gasteiger partial charge in [-0.2, -0.15) is 4.31 Å². The van der Waals surface area contributed by atoms with Crippen LogP contribution in [0.15, 0.2) is 47.4 Å². The number of ether oxygens (including phenoxy) is 1. The van der Waals surface area contributed by atoms with Crippen molar-refractivity contribution in [2.75, 3.05) is 38.2 Å². The number of nitrogens with one attached hydrogen (secondary N) is 2. The second-order valence-corrected chi connectivity index (χ2v) is 9.06. The molecule has 0 bridgehead atoms. The minimum absolute atomic E-state index is 0.0824. The van der Waals surface area contributed by atoms with Gasteiger partial charge in [-0.3, -0.25) is 0 Å². The second kappa shape index (κ2) is 9.58. The molecule has 0 aliphatic carbocycles. The summed E-state index contributed by atoms with van der Waals surface area (Å²) >= 11 is 6.16. The van der Waals surface area contributed by atoms with Crippen LogP contribution in [-0.4, -0.2) is 51.6 Å². The maximum atomic E-state index is 12.8. The normalized spacial score (nSPS) is 15.1. The first kappa shape index (κ1) is 21.6. The van der Waals surface area contributed by atoms with Crippen LogP contribution in [0.4, 0.5) is 10.5 Å². The van der Waals surface area contributed by atoms with E-state index in [1.165, 1.54) is 28.1 Å². The number of rotatable bonds is 6. The first-order chi connectivity index (χ1) is 13.9. The van der Waals surface area contributed by atoms with E-state index in [9.17, 15) is 13.2 Å². The Morgan fingerprint density at radius 2 is 1.90 bits per heavy atom. The van der Waals surface area contributed by atoms with Crippen LogP contribution >= 0.6 is 11.6 Å². The molecular weight excluding hydrogens is 414 g/mol. The highest BCUT2D eigenvalue weighted by molar-refractivity contribution is 7.89. The van der Waals surface area contributed by atoms with Gasteiger partial charge in [0.2, 0.25) is 10.0 Å². The van der Waals surface area contributed by atoms with Gasteiger partial charge in [0.05, 0.1) is 28.8 Å². The molecule has 0 atom stereocenters. The van der Waals surface area contributed by atoms with Crippen molar-refractivity contribution in [2.45, 2.75) is 18.2 Å². The number of hydrogen-bond acceptors (Lipinski definition) is 4. The van der Waals surface area contributed by atoms with Gasteiger partial charge in [-0.25, -0.2) is 13.2 Å². The van der Waals surface area contributed by atoms with E-state index < -0.39 is 16.1 Å². The highest BCUT2D eigenvalue weighted by atomic mass is 35.5. The lowest BCUT2D eigenvalue weighted by Gasteiger charge is -2.26. The quantitative estimate of drug-likeness (QED) is 0.727. The van der Waals surface area contributed by atoms with Gasteiger partial charge < -0.3 is 15.4 Å². The molecule has 0 aromatic heterocycles. The number of urea groups is 1. The summed E-state index contributed by atoms with van der Waals surface area (Å²) in [4.78, 5) is 12.3. The molecule has 2 aromatic rings. The van der Waals surface area contributed by atoms with Crippen molar-refractivity contribution >= 4 is 33.3 Å². The fourth-order valence-electron chi connectivity index (χ4n) is 3.06. The molecule has 0 saturated carbocycles. The molecule has 3 rings (SSSR count). The van der Waals surface area contributed by atoms with E-state index in [4.69, 9.17) is 16.3 Å². The molecule has 0 spiro atoms. The Balaban J connectivity index is 1.63. The third kappa shape index (κ3) is 5.48. The maximum Gasteiger partial charge on any atom is 0.319 e. The summed E-state index contributed by atoms with van der Waals surface area (Å²) in [6.07, 6.45) is 0.694. The monoisotopic (exact) mass is 437 g/mol. The van der Waals surface area contributed by atoms with Crippen LogP contribution in [0.25, 0.3) is 0 Å². The van der Waals surface area contributed by atoms with Gasteiger partial charge >= 0.3 is 6.03 Å². The van der Waals surface area contributed by atoms with Gasteiger partial charge in [-0.15, -0.1) is 0 Å². The molecule has 1 heterocycles. The predicted molar refractivity (Wildman–Crippen MR) is 113 cm³/mol. The minimum atomic E-state index is -3.67. The molecule has 9 heteroatoms. The summed E-state index contributed by atoms with van der Waals surface area (Å²) in [6.45, 7) is 3.79. The summed E-state index contributed by atoms with van der Waals surface area (Å²) in [5, 5.41) is 5.67. The van der Waals surface area contributed by atoms with Crippen LogP contribution < -0.4 is 10.6 Å². The Morgan fingerprint density at radius 3 is 2.62 bits per heavy atom. The average molecular weight is 438 g/mol. The first-order valence-corrected chi connectivity index (χ1v) is 11.2. The molecule has 1 aliphatic heterocycles. The number of morpholine rings is 1. The van der Waals surface area contributed by atoms with E-state index >= 15 is 0 Å². The predicted octanol–water partition coefficient (Wildman–Crippen LogP) is 3.03. The van der Waals surface area contributed by atoms with Crippen molar-refractivity contribution in [3.8, 4) is 0 Å². The van der Waals surface area contributed by atoms with Crippen molar-refractivity contribution in [1.29, 1.82) is 0 Å². The van der Waals surface area contributed by atoms with Crippen molar-refractivity contribution in [1.82, 2.24) is 9.62 Å². The van der Waals surface area contributed by atoms with Crippen LogP contribution in [0.2, 0.25) is 5.02 Å². The fraction of sp³-hybridized carbons (Fsp3) is 0.350. The Morgan fingerprint density at radius 1 is 1.17 bits per heavy atom. The third-order valence-electron chi connectivity index (χ3n) is 4.74. The molecule has 2 amide bonds. The Bertz CT molecular complexity index is 975. The summed E-state index contributed by atoms with van der Waals surface area (Å²) in [7, 11) is -3.67. The smallest absolute Gasteiger partial charge is 0.319 e. The lowest BCUT2D eigenvalue weighted by molar-refractivity contribution is 0.0730. The molecule has 1 saturated heterocycles. The zero-order valence-electron chi connectivity index (χ0n) is 16.2. The Kier molecular flexibility index (Phi) is 7.13. The summed E-state index contributed by atoms with van der Waals surface area (Å²) < 4.78 is 32.2. The number of sulfonamides is 1. The topological polar surface area (TPSA) is 87.7 Å². The zero-order chi connectivity index (χ0) is 20.9. The van der Waals surface area contributed by atoms with E-state index in [1.54, 1.807) is 0 Å². The highest BCUT2D eigenvalue weighted by Crippen LogP contribution is 2.27. The Hall–Kier alpha value is -2.13. The first-order valence-electron chi connectivity index (χ1n) is 9.35. The molecule has 1 fully saturated rings. The molecule has 0 unspecified atom stereocenters. The number of amides is 2. The van der Waals surface area contributed by atoms with E-state index in [0.29, 0.717) is 39.3 Å². The fourth-order valence-corrected chi connectivity index (χ4v) is 4.66. The number of benzene rings is 2. The molecule has 156 valence electrons. The molecule has 2 aromatic carbocycles. The van der Waals surface area contributed by atoms with Crippen LogP contribution in [0, 0.1) is 6.92 Å². The van der Waals surface area contributed by atoms with Gasteiger partial charge in [0.25, 0.3) is 0 Å². The molecule has 2 N–H and O–H groups in total. The number of hydrogen-bond donors (Lipinski definition) is 2. The van der Waals surface area contributed by atoms with Crippen LogP contribution in [0.1, 0.15) is 11.1 Å². The number of aryl methyl sites for hydroxylation is 1. The Labute approximate surface area is 176 Å². The number of anilines is 1. The van der Waals surface area contributed by atoms with Crippen molar-refractivity contribution in [2.24, 2.45) is 0 Å². The van der Waals surface area contributed by atoms with Crippen molar-refractivity contribution < 1.29 is 17.9 Å². The molecule has 7 nitrogen and oxygen atoms in total. The second-order valence-electron chi connectivity index (χ2n) is 6.72. The summed E-state index contributed by atoms with van der Waals surface area (Å²) in [5.41, 5.74) is 2.57. The van der Waals surface area contributed by atoms with E-state index in [2.05, 4.69) is 10.6 Å². The number of nitrogens with zero attached hydrogens (tertiary/aromatic N) is 1. The van der Waals surface area contributed by atoms with Crippen LogP contribution in [0.3, 0.4) is 0 Å². The molecule has 29 heavy (non-hydrogen) atoms. The summed E-state index contributed by atoms with van der Waals surface area (Å²) in [6, 6.07) is 11.8. The van der Waals surface area contributed by atoms with Crippen LogP contribution in [-0.2, 0) is 21.2 Å². The van der Waals surface area contributed by atoms with E-state index in [0.717, 1.165) is 5.56 Å². The maximum absolute atomic E-state index is 12.8. The van der Waals surface area contributed by atoms with Gasteiger partial charge in [0, 0.05) is 19.6 Å². The van der Waals surface area contributed by atoms with E-state index in [-0.39, 0.29) is 15.6 Å². The van der Waals surface area contributed by atoms with Gasteiger partial charge in [-0.05, 0) is 42.7 Å². The van der Waals surface area contributed by atoms with Crippen molar-refractivity contribution in [3.05, 3.63) is 58.6 Å². The number of carbonyl (C=O) groups excluding carboxylic acids is 1. The molecular formula is C20H24ClN3O4S. The highest BCUT2D eigenvalue weighted by Gasteiger charge is 2.27.